The Balaban J connectivity index is 3.52. The van der Waals surface area contributed by atoms with Gasteiger partial charge >= 0.3 is 24.2 Å². The fraction of sp³-hybridized carbons (Fsp3) is 0.455. The second-order valence-electron chi connectivity index (χ2n) is 4.19. The molecule has 0 aromatic heterocycles. The largest absolute Gasteiger partial charge is 0.435 e. The van der Waals surface area contributed by atoms with Crippen LogP contribution in [0.5, 0.6) is 0 Å². The molecule has 0 atom stereocenters. The van der Waals surface area contributed by atoms with Crippen molar-refractivity contribution in [1.82, 2.24) is 0 Å². The zero-order valence-corrected chi connectivity index (χ0v) is 11.6. The normalized spacial score (nSPS) is 14.3. The molecule has 0 aliphatic carbocycles. The molecule has 0 aliphatic heterocycles. The lowest BCUT2D eigenvalue weighted by atomic mass is 9.92. The van der Waals surface area contributed by atoms with E-state index in [9.17, 15) is 43.9 Å². The van der Waals surface area contributed by atoms with Crippen LogP contribution in [0.1, 0.15) is 11.1 Å². The van der Waals surface area contributed by atoms with Crippen LogP contribution in [0, 0.1) is 6.07 Å². The molecule has 0 N–H and O–H groups in total. The third-order valence-electron chi connectivity index (χ3n) is 2.46. The SMILES string of the molecule is FC(F)(F)Cc1[c]c(Br)cc(C(F)(C(F)(F)F)C(F)(F)F)c1. The van der Waals surface area contributed by atoms with E-state index in [1.807, 2.05) is 6.07 Å². The summed E-state index contributed by atoms with van der Waals surface area (Å²) in [6, 6.07) is 1.81. The average Bonchev–Trinajstić information content (AvgIpc) is 2.21. The highest BCUT2D eigenvalue weighted by atomic mass is 79.9. The standard InChI is InChI=1S/C11H4BrF10/c12-7-2-5(4-8(13,14)15)1-6(3-7)9(16,10(17,18)19)11(20,21)22/h1,3H,4H2. The minimum atomic E-state index is -6.40. The van der Waals surface area contributed by atoms with Gasteiger partial charge in [-0.15, -0.1) is 0 Å². The summed E-state index contributed by atoms with van der Waals surface area (Å²) in [5.74, 6) is 0. The van der Waals surface area contributed by atoms with E-state index in [0.29, 0.717) is 0 Å². The van der Waals surface area contributed by atoms with Crippen molar-refractivity contribution in [3.8, 4) is 0 Å². The first-order chi connectivity index (χ1) is 9.58. The van der Waals surface area contributed by atoms with Crippen molar-refractivity contribution >= 4 is 15.9 Å². The summed E-state index contributed by atoms with van der Waals surface area (Å²) in [6.07, 6.45) is -19.6. The average molecular weight is 406 g/mol. The van der Waals surface area contributed by atoms with Crippen molar-refractivity contribution in [3.05, 3.63) is 33.8 Å². The van der Waals surface area contributed by atoms with Crippen molar-refractivity contribution in [2.75, 3.05) is 0 Å². The van der Waals surface area contributed by atoms with Crippen LogP contribution in [-0.4, -0.2) is 18.5 Å². The Morgan fingerprint density at radius 1 is 0.818 bits per heavy atom. The minimum absolute atomic E-state index is 0.0842. The predicted molar refractivity (Wildman–Crippen MR) is 57.6 cm³/mol. The quantitative estimate of drug-likeness (QED) is 0.558. The molecule has 0 spiro atoms. The van der Waals surface area contributed by atoms with Crippen molar-refractivity contribution in [2.24, 2.45) is 0 Å². The van der Waals surface area contributed by atoms with Crippen LogP contribution < -0.4 is 0 Å². The maximum Gasteiger partial charge on any atom is 0.435 e. The van der Waals surface area contributed by atoms with E-state index >= 15 is 0 Å². The summed E-state index contributed by atoms with van der Waals surface area (Å²) < 4.78 is 125. The van der Waals surface area contributed by atoms with Crippen LogP contribution >= 0.6 is 15.9 Å². The minimum Gasteiger partial charge on any atom is -0.218 e. The molecule has 0 saturated carbocycles. The van der Waals surface area contributed by atoms with Crippen molar-refractivity contribution < 1.29 is 43.9 Å². The highest BCUT2D eigenvalue weighted by Crippen LogP contribution is 2.53. The Kier molecular flexibility index (Phi) is 4.82. The zero-order chi connectivity index (χ0) is 17.6. The second-order valence-corrected chi connectivity index (χ2v) is 5.04. The van der Waals surface area contributed by atoms with Gasteiger partial charge in [0.1, 0.15) is 0 Å². The molecule has 0 nitrogen and oxygen atoms in total. The van der Waals surface area contributed by atoms with Crippen molar-refractivity contribution in [3.63, 3.8) is 0 Å². The zero-order valence-electron chi connectivity index (χ0n) is 10.0. The first-order valence-corrected chi connectivity index (χ1v) is 5.98. The first-order valence-electron chi connectivity index (χ1n) is 5.19. The third kappa shape index (κ3) is 3.85. The molecule has 0 amide bonds. The molecule has 0 saturated heterocycles. The van der Waals surface area contributed by atoms with E-state index in [1.54, 1.807) is 0 Å². The smallest absolute Gasteiger partial charge is 0.218 e. The van der Waals surface area contributed by atoms with Crippen LogP contribution in [0.25, 0.3) is 0 Å². The van der Waals surface area contributed by atoms with Crippen LogP contribution in [0.4, 0.5) is 43.9 Å². The van der Waals surface area contributed by atoms with Crippen LogP contribution in [0.15, 0.2) is 16.6 Å². The Bertz CT molecular complexity index is 525. The molecule has 11 heteroatoms. The lowest BCUT2D eigenvalue weighted by Gasteiger charge is -2.30. The highest BCUT2D eigenvalue weighted by molar-refractivity contribution is 9.10. The summed E-state index contributed by atoms with van der Waals surface area (Å²) in [5, 5.41) is 0. The van der Waals surface area contributed by atoms with Gasteiger partial charge in [0.25, 0.3) is 0 Å². The lowest BCUT2D eigenvalue weighted by molar-refractivity contribution is -0.348. The molecule has 1 aromatic rings. The van der Waals surface area contributed by atoms with E-state index in [4.69, 9.17) is 0 Å². The van der Waals surface area contributed by atoms with Gasteiger partial charge in [-0.2, -0.15) is 39.5 Å². The Morgan fingerprint density at radius 2 is 1.27 bits per heavy atom. The maximum atomic E-state index is 13.8. The fourth-order valence-electron chi connectivity index (χ4n) is 1.59. The van der Waals surface area contributed by atoms with Gasteiger partial charge in [-0.3, -0.25) is 0 Å². The maximum absolute atomic E-state index is 13.8. The van der Waals surface area contributed by atoms with E-state index in [1.165, 1.54) is 0 Å². The molecular formula is C11H4BrF10. The summed E-state index contributed by atoms with van der Waals surface area (Å²) in [7, 11) is 0. The highest BCUT2D eigenvalue weighted by Gasteiger charge is 2.73. The first kappa shape index (κ1) is 19.0. The molecule has 1 radical (unpaired) electrons. The van der Waals surface area contributed by atoms with E-state index in [0.717, 1.165) is 0 Å². The molecule has 22 heavy (non-hydrogen) atoms. The van der Waals surface area contributed by atoms with Gasteiger partial charge in [0, 0.05) is 16.1 Å². The van der Waals surface area contributed by atoms with Gasteiger partial charge in [0.2, 0.25) is 0 Å². The Labute approximate surface area is 125 Å². The summed E-state index contributed by atoms with van der Waals surface area (Å²) in [5.41, 5.74) is -8.86. The van der Waals surface area contributed by atoms with E-state index in [-0.39, 0.29) is 12.1 Å². The second kappa shape index (κ2) is 5.57. The lowest BCUT2D eigenvalue weighted by Crippen LogP contribution is -2.50. The third-order valence-corrected chi connectivity index (χ3v) is 2.89. The van der Waals surface area contributed by atoms with Crippen molar-refractivity contribution in [2.45, 2.75) is 30.6 Å². The molecule has 1 rings (SSSR count). The number of alkyl halides is 10. The van der Waals surface area contributed by atoms with Gasteiger partial charge in [-0.05, 0) is 11.6 Å². The number of halogens is 11. The topological polar surface area (TPSA) is 0 Å². The van der Waals surface area contributed by atoms with Crippen LogP contribution in [0.3, 0.4) is 0 Å². The van der Waals surface area contributed by atoms with Gasteiger partial charge in [0.05, 0.1) is 6.42 Å². The molecule has 125 valence electrons. The van der Waals surface area contributed by atoms with Gasteiger partial charge in [-0.25, -0.2) is 4.39 Å². The molecule has 0 bridgehead atoms. The Hall–Kier alpha value is -1.00. The molecule has 0 unspecified atom stereocenters. The van der Waals surface area contributed by atoms with E-state index in [2.05, 4.69) is 15.9 Å². The van der Waals surface area contributed by atoms with Gasteiger partial charge in [0.15, 0.2) is 0 Å². The number of benzene rings is 1. The predicted octanol–water partition coefficient (Wildman–Crippen LogP) is 5.64. The van der Waals surface area contributed by atoms with E-state index < -0.39 is 46.2 Å². The molecule has 0 aliphatic rings. The van der Waals surface area contributed by atoms with Crippen LogP contribution in [0.2, 0.25) is 0 Å². The number of hydrogen-bond donors (Lipinski definition) is 0. The molecule has 1 aromatic carbocycles. The van der Waals surface area contributed by atoms with Crippen LogP contribution in [-0.2, 0) is 12.1 Å². The summed E-state index contributed by atoms with van der Waals surface area (Å²) in [4.78, 5) is 0. The summed E-state index contributed by atoms with van der Waals surface area (Å²) in [6.45, 7) is 0. The summed E-state index contributed by atoms with van der Waals surface area (Å²) >= 11 is 2.42. The molecular weight excluding hydrogens is 402 g/mol. The number of hydrogen-bond acceptors (Lipinski definition) is 0. The Morgan fingerprint density at radius 3 is 1.64 bits per heavy atom. The van der Waals surface area contributed by atoms with Gasteiger partial charge in [-0.1, -0.05) is 22.0 Å². The molecule has 0 heterocycles. The van der Waals surface area contributed by atoms with Gasteiger partial charge < -0.3 is 0 Å². The fourth-order valence-corrected chi connectivity index (χ4v) is 2.09. The van der Waals surface area contributed by atoms with Crippen molar-refractivity contribution in [1.29, 1.82) is 0 Å². The molecule has 0 fully saturated rings. The number of rotatable bonds is 2. The monoisotopic (exact) mass is 405 g/mol.